The third-order valence-electron chi connectivity index (χ3n) is 3.72. The number of nitrogens with zero attached hydrogens (tertiary/aromatic N) is 2. The van der Waals surface area contributed by atoms with Gasteiger partial charge in [-0.15, -0.1) is 6.92 Å². The van der Waals surface area contributed by atoms with Crippen LogP contribution < -0.4 is 10.0 Å². The van der Waals surface area contributed by atoms with Gasteiger partial charge in [-0.1, -0.05) is 0 Å². The van der Waals surface area contributed by atoms with Crippen molar-refractivity contribution in [3.05, 3.63) is 18.1 Å². The second kappa shape index (κ2) is 11.6. The second-order valence-corrected chi connectivity index (χ2v) is 8.71. The Kier molecular flexibility index (Phi) is 11.3. The van der Waals surface area contributed by atoms with Gasteiger partial charge in [0.1, 0.15) is 5.60 Å². The van der Waals surface area contributed by atoms with Gasteiger partial charge >= 0.3 is 16.4 Å². The number of carbonyl (C=O) groups excluding carboxylic acids is 1. The molecule has 0 bridgehead atoms. The third kappa shape index (κ3) is 10.2. The monoisotopic (exact) mass is 606 g/mol. The van der Waals surface area contributed by atoms with Crippen molar-refractivity contribution >= 4 is 22.2 Å². The van der Waals surface area contributed by atoms with Crippen LogP contribution in [0.5, 0.6) is 0 Å². The number of amides is 1. The number of ether oxygens (including phenoxy) is 1. The molecular formula is C16H24N4O6Rh2S-2. The number of aromatic nitrogens is 2. The molecule has 10 nitrogen and oxygen atoms in total. The Balaban J connectivity index is 0.00000392. The number of aryl methyl sites for hydroxylation is 1. The van der Waals surface area contributed by atoms with Crippen LogP contribution in [0.3, 0.4) is 0 Å². The van der Waals surface area contributed by atoms with Crippen LogP contribution >= 0.6 is 0 Å². The summed E-state index contributed by atoms with van der Waals surface area (Å²) in [4.78, 5) is 19.3. The minimum atomic E-state index is -4.33. The first-order valence-electron chi connectivity index (χ1n) is 8.42. The first kappa shape index (κ1) is 28.3. The fourth-order valence-corrected chi connectivity index (χ4v) is 3.30. The van der Waals surface area contributed by atoms with Gasteiger partial charge in [-0.05, 0) is 33.6 Å². The second-order valence-electron chi connectivity index (χ2n) is 7.37. The van der Waals surface area contributed by atoms with E-state index in [-0.39, 0.29) is 51.6 Å². The minimum absolute atomic E-state index is 0. The quantitative estimate of drug-likeness (QED) is 0.316. The predicted molar refractivity (Wildman–Crippen MR) is 94.8 cm³/mol. The third-order valence-corrected chi connectivity index (χ3v) is 4.58. The Morgan fingerprint density at radius 3 is 2.52 bits per heavy atom. The summed E-state index contributed by atoms with van der Waals surface area (Å²) in [5.41, 5.74) is -0.209. The first-order chi connectivity index (χ1) is 12.4. The van der Waals surface area contributed by atoms with Crippen molar-refractivity contribution in [1.82, 2.24) is 14.7 Å². The van der Waals surface area contributed by atoms with E-state index in [2.05, 4.69) is 27.7 Å². The van der Waals surface area contributed by atoms with Crippen molar-refractivity contribution in [2.75, 3.05) is 11.9 Å². The normalized spacial score (nSPS) is 21.5. The largest absolute Gasteiger partial charge is 0.550 e. The molecule has 2 rings (SSSR count). The molecule has 29 heavy (non-hydrogen) atoms. The maximum atomic E-state index is 11.8. The predicted octanol–water partition coefficient (Wildman–Crippen LogP) is 0.718. The van der Waals surface area contributed by atoms with Gasteiger partial charge < -0.3 is 31.2 Å². The van der Waals surface area contributed by atoms with Crippen LogP contribution in [-0.4, -0.2) is 53.9 Å². The summed E-state index contributed by atoms with van der Waals surface area (Å²) in [6.07, 6.45) is 1.46. The summed E-state index contributed by atoms with van der Waals surface area (Å²) in [7, 11) is -4.33. The maximum Gasteiger partial charge on any atom is 0.423 e. The minimum Gasteiger partial charge on any atom is -0.550 e. The van der Waals surface area contributed by atoms with Gasteiger partial charge in [0.2, 0.25) is 0 Å². The molecule has 0 aliphatic heterocycles. The Hall–Kier alpha value is -0.733. The van der Waals surface area contributed by atoms with Crippen molar-refractivity contribution in [1.29, 1.82) is 0 Å². The average Bonchev–Trinajstić information content (AvgIpc) is 2.82. The molecule has 0 aromatic carbocycles. The molecule has 2 radical (unpaired) electrons. The van der Waals surface area contributed by atoms with E-state index in [9.17, 15) is 18.3 Å². The van der Waals surface area contributed by atoms with E-state index >= 15 is 0 Å². The molecule has 1 aliphatic carbocycles. The molecule has 13 heteroatoms. The number of carbonyl (C=O) groups is 1. The topological polar surface area (TPSA) is 140 Å². The maximum absolute atomic E-state index is 11.8. The molecule has 3 N–H and O–H groups in total. The number of nitrogens with one attached hydrogen (secondary N) is 2. The SMILES string of the molecule is Cc1[c-]c(N[C@@H]2C[C@@H](COS(=O)(=O)NC(=O)OC(C)(C)C)[C@@H](O)C2)n[c-]n1.[Rh].[Rh]. The van der Waals surface area contributed by atoms with E-state index in [4.69, 9.17) is 8.92 Å². The molecular weight excluding hydrogens is 582 g/mol. The number of rotatable bonds is 6. The molecule has 3 atom stereocenters. The number of hydrogen-bond acceptors (Lipinski definition) is 9. The summed E-state index contributed by atoms with van der Waals surface area (Å²) < 4.78 is 35.1. The molecule has 1 aromatic heterocycles. The van der Waals surface area contributed by atoms with E-state index in [1.165, 1.54) is 0 Å². The Morgan fingerprint density at radius 1 is 1.28 bits per heavy atom. The number of hydrogen-bond donors (Lipinski definition) is 3. The van der Waals surface area contributed by atoms with Gasteiger partial charge in [-0.3, -0.25) is 9.88 Å². The smallest absolute Gasteiger partial charge is 0.423 e. The first-order valence-corrected chi connectivity index (χ1v) is 9.83. The molecule has 1 fully saturated rings. The van der Waals surface area contributed by atoms with E-state index in [0.717, 1.165) is 0 Å². The van der Waals surface area contributed by atoms with Crippen LogP contribution in [0.1, 0.15) is 39.3 Å². The van der Waals surface area contributed by atoms with Crippen LogP contribution in [0, 0.1) is 25.2 Å². The standard InChI is InChI=1S/C16H24N4O6S.2Rh/c1-10-5-14(18-9-17-10)19-12-6-11(13(21)7-12)8-25-27(23,24)20-15(22)26-16(2,3)4;;/h11-13,21H,6-8H2,1-4H3,(H,20,22)(H,17,18,19);;/q-2;;/t11-,12+,13-;;/m0../s1. The average molecular weight is 606 g/mol. The van der Waals surface area contributed by atoms with Crippen molar-refractivity contribution in [2.24, 2.45) is 5.92 Å². The van der Waals surface area contributed by atoms with Gasteiger partial charge in [-0.25, -0.2) is 4.79 Å². The van der Waals surface area contributed by atoms with Crippen molar-refractivity contribution < 1.29 is 66.2 Å². The van der Waals surface area contributed by atoms with Crippen molar-refractivity contribution in [3.8, 4) is 0 Å². The zero-order valence-electron chi connectivity index (χ0n) is 16.3. The zero-order chi connectivity index (χ0) is 20.2. The fraction of sp³-hybridized carbons (Fsp3) is 0.688. The molecule has 0 spiro atoms. The van der Waals surface area contributed by atoms with E-state index in [1.807, 2.05) is 0 Å². The molecule has 1 aliphatic rings. The molecule has 1 heterocycles. The fourth-order valence-electron chi connectivity index (χ4n) is 2.65. The van der Waals surface area contributed by atoms with Gasteiger partial charge in [-0.2, -0.15) is 19.0 Å². The van der Waals surface area contributed by atoms with E-state index < -0.39 is 34.0 Å². The van der Waals surface area contributed by atoms with Crippen LogP contribution in [0.15, 0.2) is 0 Å². The molecule has 1 saturated carbocycles. The number of anilines is 1. The molecule has 0 saturated heterocycles. The Morgan fingerprint density at radius 2 is 1.93 bits per heavy atom. The summed E-state index contributed by atoms with van der Waals surface area (Å²) in [5, 5.41) is 13.3. The zero-order valence-corrected chi connectivity index (χ0v) is 20.4. The van der Waals surface area contributed by atoms with Crippen LogP contribution in [-0.2, 0) is 58.2 Å². The Labute approximate surface area is 196 Å². The molecule has 0 unspecified atom stereocenters. The molecule has 1 aromatic rings. The van der Waals surface area contributed by atoms with Gasteiger partial charge in [0.05, 0.1) is 12.7 Å². The summed E-state index contributed by atoms with van der Waals surface area (Å²) in [6, 6.07) is 2.79. The van der Waals surface area contributed by atoms with Gasteiger partial charge in [0.15, 0.2) is 0 Å². The van der Waals surface area contributed by atoms with E-state index in [1.54, 1.807) is 32.4 Å². The van der Waals surface area contributed by atoms with Gasteiger partial charge in [0, 0.05) is 57.2 Å². The molecule has 170 valence electrons. The van der Waals surface area contributed by atoms with Crippen LogP contribution in [0.2, 0.25) is 0 Å². The summed E-state index contributed by atoms with van der Waals surface area (Å²) >= 11 is 0. The van der Waals surface area contributed by atoms with E-state index in [0.29, 0.717) is 24.4 Å². The summed E-state index contributed by atoms with van der Waals surface area (Å²) in [5.74, 6) is 0.0325. The Bertz CT molecular complexity index is 775. The summed E-state index contributed by atoms with van der Waals surface area (Å²) in [6.45, 7) is 6.31. The number of aliphatic hydroxyl groups is 1. The van der Waals surface area contributed by atoms with Crippen LogP contribution in [0.4, 0.5) is 10.6 Å². The molecule has 1 amide bonds. The van der Waals surface area contributed by atoms with Gasteiger partial charge in [0.25, 0.3) is 0 Å². The van der Waals surface area contributed by atoms with Crippen molar-refractivity contribution in [2.45, 2.75) is 58.3 Å². The van der Waals surface area contributed by atoms with Crippen LogP contribution in [0.25, 0.3) is 0 Å². The number of aliphatic hydroxyl groups excluding tert-OH is 1. The van der Waals surface area contributed by atoms with Crippen molar-refractivity contribution in [3.63, 3.8) is 0 Å².